The van der Waals surface area contributed by atoms with Crippen molar-refractivity contribution >= 4 is 15.9 Å². The van der Waals surface area contributed by atoms with Crippen molar-refractivity contribution in [3.63, 3.8) is 0 Å². The molecule has 0 spiro atoms. The smallest absolute Gasteiger partial charge is 0.0460 e. The van der Waals surface area contributed by atoms with E-state index in [0.29, 0.717) is 5.92 Å². The number of pyridine rings is 1. The highest BCUT2D eigenvalue weighted by molar-refractivity contribution is 9.10. The zero-order valence-corrected chi connectivity index (χ0v) is 8.58. The van der Waals surface area contributed by atoms with Gasteiger partial charge in [0.2, 0.25) is 0 Å². The van der Waals surface area contributed by atoms with Crippen LogP contribution in [-0.4, -0.2) is 16.7 Å². The molecule has 66 valence electrons. The molecule has 0 saturated carbocycles. The summed E-state index contributed by atoms with van der Waals surface area (Å²) in [6.45, 7) is 2.22. The molecule has 0 aliphatic heterocycles. The van der Waals surface area contributed by atoms with Crippen LogP contribution < -0.4 is 0 Å². The number of rotatable bonds is 3. The summed E-state index contributed by atoms with van der Waals surface area (Å²) in [6.07, 6.45) is 2.61. The van der Waals surface area contributed by atoms with Gasteiger partial charge in [-0.1, -0.05) is 6.92 Å². The maximum absolute atomic E-state index is 8.81. The Labute approximate surface area is 80.8 Å². The van der Waals surface area contributed by atoms with Crippen LogP contribution in [0.4, 0.5) is 0 Å². The fourth-order valence-electron chi connectivity index (χ4n) is 0.949. The number of aromatic nitrogens is 1. The predicted molar refractivity (Wildman–Crippen MR) is 51.9 cm³/mol. The van der Waals surface area contributed by atoms with Crippen LogP contribution in [0.25, 0.3) is 0 Å². The van der Waals surface area contributed by atoms with Crippen molar-refractivity contribution < 1.29 is 5.11 Å². The van der Waals surface area contributed by atoms with Crippen molar-refractivity contribution in [3.05, 3.63) is 28.5 Å². The molecule has 1 atom stereocenters. The monoisotopic (exact) mass is 229 g/mol. The van der Waals surface area contributed by atoms with E-state index in [9.17, 15) is 0 Å². The normalized spacial score (nSPS) is 12.9. The highest BCUT2D eigenvalue weighted by atomic mass is 79.9. The Hall–Kier alpha value is -0.410. The van der Waals surface area contributed by atoms with E-state index in [1.807, 2.05) is 19.1 Å². The molecule has 0 amide bonds. The molecule has 1 unspecified atom stereocenters. The summed E-state index contributed by atoms with van der Waals surface area (Å²) < 4.78 is 0.989. The average molecular weight is 230 g/mol. The van der Waals surface area contributed by atoms with Gasteiger partial charge in [0.25, 0.3) is 0 Å². The van der Waals surface area contributed by atoms with E-state index < -0.39 is 0 Å². The average Bonchev–Trinajstić information content (AvgIpc) is 2.09. The molecule has 1 N–H and O–H groups in total. The van der Waals surface area contributed by atoms with Gasteiger partial charge in [0, 0.05) is 23.0 Å². The Morgan fingerprint density at radius 2 is 2.33 bits per heavy atom. The van der Waals surface area contributed by atoms with Gasteiger partial charge in [0.05, 0.1) is 0 Å². The molecule has 0 fully saturated rings. The van der Waals surface area contributed by atoms with Crippen LogP contribution in [0, 0.1) is 5.92 Å². The van der Waals surface area contributed by atoms with E-state index in [-0.39, 0.29) is 6.61 Å². The van der Waals surface area contributed by atoms with Gasteiger partial charge in [-0.15, -0.1) is 0 Å². The third-order valence-corrected chi connectivity index (χ3v) is 2.13. The molecule has 2 nitrogen and oxygen atoms in total. The predicted octanol–water partition coefficient (Wildman–Crippen LogP) is 2.01. The Balaban J connectivity index is 2.58. The van der Waals surface area contributed by atoms with Gasteiger partial charge >= 0.3 is 0 Å². The van der Waals surface area contributed by atoms with E-state index in [4.69, 9.17) is 5.11 Å². The zero-order chi connectivity index (χ0) is 8.97. The lowest BCUT2D eigenvalue weighted by molar-refractivity contribution is 0.236. The van der Waals surface area contributed by atoms with Crippen LogP contribution in [0.15, 0.2) is 22.8 Å². The summed E-state index contributed by atoms with van der Waals surface area (Å²) in [4.78, 5) is 4.21. The highest BCUT2D eigenvalue weighted by Crippen LogP contribution is 2.10. The second-order valence-corrected chi connectivity index (χ2v) is 3.88. The number of halogens is 1. The van der Waals surface area contributed by atoms with Gasteiger partial charge in [-0.2, -0.15) is 0 Å². The molecule has 0 radical (unpaired) electrons. The molecular formula is C9H12BrNO. The number of aliphatic hydroxyl groups is 1. The highest BCUT2D eigenvalue weighted by Gasteiger charge is 2.02. The van der Waals surface area contributed by atoms with Crippen LogP contribution in [0.3, 0.4) is 0 Å². The van der Waals surface area contributed by atoms with Gasteiger partial charge < -0.3 is 5.11 Å². The largest absolute Gasteiger partial charge is 0.396 e. The molecule has 1 aromatic heterocycles. The molecule has 3 heteroatoms. The summed E-state index contributed by atoms with van der Waals surface area (Å²) in [5.41, 5.74) is 1.03. The van der Waals surface area contributed by atoms with Gasteiger partial charge in [0.1, 0.15) is 0 Å². The number of aliphatic hydroxyl groups excluding tert-OH is 1. The van der Waals surface area contributed by atoms with Crippen molar-refractivity contribution in [2.45, 2.75) is 13.3 Å². The minimum Gasteiger partial charge on any atom is -0.396 e. The molecule has 1 rings (SSSR count). The molecule has 0 aromatic carbocycles. The van der Waals surface area contributed by atoms with Crippen molar-refractivity contribution in [1.29, 1.82) is 0 Å². The summed E-state index contributed by atoms with van der Waals surface area (Å²) in [7, 11) is 0. The van der Waals surface area contributed by atoms with Crippen LogP contribution in [0.5, 0.6) is 0 Å². The van der Waals surface area contributed by atoms with Crippen LogP contribution in [0.1, 0.15) is 12.6 Å². The number of nitrogens with zero attached hydrogens (tertiary/aromatic N) is 1. The number of hydrogen-bond donors (Lipinski definition) is 1. The summed E-state index contributed by atoms with van der Waals surface area (Å²) in [6, 6.07) is 3.93. The Morgan fingerprint density at radius 3 is 2.83 bits per heavy atom. The SMILES string of the molecule is CC(CO)Cc1ccc(Br)cn1. The van der Waals surface area contributed by atoms with Gasteiger partial charge in [-0.25, -0.2) is 0 Å². The fourth-order valence-corrected chi connectivity index (χ4v) is 1.18. The first kappa shape index (κ1) is 9.68. The Bertz CT molecular complexity index is 235. The first-order valence-electron chi connectivity index (χ1n) is 3.93. The van der Waals surface area contributed by atoms with Crippen molar-refractivity contribution in [1.82, 2.24) is 4.98 Å². The van der Waals surface area contributed by atoms with Gasteiger partial charge in [-0.05, 0) is 40.4 Å². The fraction of sp³-hybridized carbons (Fsp3) is 0.444. The van der Waals surface area contributed by atoms with E-state index in [1.165, 1.54) is 0 Å². The Kier molecular flexibility index (Phi) is 3.69. The minimum atomic E-state index is 0.220. The summed E-state index contributed by atoms with van der Waals surface area (Å²) in [5, 5.41) is 8.81. The molecule has 1 aromatic rings. The Morgan fingerprint density at radius 1 is 1.58 bits per heavy atom. The topological polar surface area (TPSA) is 33.1 Å². The van der Waals surface area contributed by atoms with Gasteiger partial charge in [0.15, 0.2) is 0 Å². The number of hydrogen-bond acceptors (Lipinski definition) is 2. The van der Waals surface area contributed by atoms with Crippen LogP contribution in [0.2, 0.25) is 0 Å². The third-order valence-electron chi connectivity index (χ3n) is 1.66. The van der Waals surface area contributed by atoms with E-state index in [2.05, 4.69) is 20.9 Å². The second-order valence-electron chi connectivity index (χ2n) is 2.96. The van der Waals surface area contributed by atoms with Crippen molar-refractivity contribution in [2.24, 2.45) is 5.92 Å². The van der Waals surface area contributed by atoms with E-state index in [0.717, 1.165) is 16.6 Å². The third kappa shape index (κ3) is 2.91. The first-order valence-corrected chi connectivity index (χ1v) is 4.73. The maximum atomic E-state index is 8.81. The van der Waals surface area contributed by atoms with Crippen molar-refractivity contribution in [3.8, 4) is 0 Å². The minimum absolute atomic E-state index is 0.220. The molecular weight excluding hydrogens is 218 g/mol. The lowest BCUT2D eigenvalue weighted by Gasteiger charge is -2.05. The molecule has 0 aliphatic rings. The molecule has 0 bridgehead atoms. The molecule has 1 heterocycles. The van der Waals surface area contributed by atoms with Crippen LogP contribution in [-0.2, 0) is 6.42 Å². The summed E-state index contributed by atoms with van der Waals surface area (Å²) in [5.74, 6) is 0.290. The first-order chi connectivity index (χ1) is 5.72. The van der Waals surface area contributed by atoms with E-state index >= 15 is 0 Å². The lowest BCUT2D eigenvalue weighted by Crippen LogP contribution is -2.05. The van der Waals surface area contributed by atoms with E-state index in [1.54, 1.807) is 6.20 Å². The molecule has 0 aliphatic carbocycles. The zero-order valence-electron chi connectivity index (χ0n) is 7.00. The van der Waals surface area contributed by atoms with Crippen molar-refractivity contribution in [2.75, 3.05) is 6.61 Å². The second kappa shape index (κ2) is 4.58. The molecule has 0 saturated heterocycles. The standard InChI is InChI=1S/C9H12BrNO/c1-7(6-12)4-9-3-2-8(10)5-11-9/h2-3,5,7,12H,4,6H2,1H3. The van der Waals surface area contributed by atoms with Crippen LogP contribution >= 0.6 is 15.9 Å². The quantitative estimate of drug-likeness (QED) is 0.861. The lowest BCUT2D eigenvalue weighted by atomic mass is 10.1. The maximum Gasteiger partial charge on any atom is 0.0460 e. The molecule has 12 heavy (non-hydrogen) atoms. The summed E-state index contributed by atoms with van der Waals surface area (Å²) >= 11 is 3.32. The van der Waals surface area contributed by atoms with Gasteiger partial charge in [-0.3, -0.25) is 4.98 Å².